The molecular formula is C16H23N3O2. The summed E-state index contributed by atoms with van der Waals surface area (Å²) in [5.41, 5.74) is 7.33. The first-order valence-electron chi connectivity index (χ1n) is 7.62. The van der Waals surface area contributed by atoms with Crippen LogP contribution in [0.25, 0.3) is 0 Å². The number of carbonyl (C=O) groups excluding carboxylic acids is 1. The Kier molecular flexibility index (Phi) is 4.12. The van der Waals surface area contributed by atoms with Gasteiger partial charge in [0, 0.05) is 31.1 Å². The van der Waals surface area contributed by atoms with Crippen molar-refractivity contribution in [2.45, 2.75) is 25.5 Å². The lowest BCUT2D eigenvalue weighted by Crippen LogP contribution is -2.50. The first kappa shape index (κ1) is 14.4. The molecule has 1 spiro atoms. The number of nitrogens with zero attached hydrogens (tertiary/aromatic N) is 1. The number of ether oxygens (including phenoxy) is 1. The maximum absolute atomic E-state index is 12.2. The molecule has 2 atom stereocenters. The number of piperidine rings is 1. The number of nitrogens with two attached hydrogens (primary N) is 1. The van der Waals surface area contributed by atoms with Crippen molar-refractivity contribution in [2.24, 2.45) is 11.1 Å². The third-order valence-corrected chi connectivity index (χ3v) is 4.68. The molecule has 5 heteroatoms. The second-order valence-corrected chi connectivity index (χ2v) is 6.17. The second kappa shape index (κ2) is 6.03. The molecule has 2 saturated heterocycles. The summed E-state index contributed by atoms with van der Waals surface area (Å²) in [6.07, 6.45) is 1.96. The van der Waals surface area contributed by atoms with E-state index in [9.17, 15) is 4.79 Å². The van der Waals surface area contributed by atoms with Crippen molar-refractivity contribution >= 4 is 6.09 Å². The van der Waals surface area contributed by atoms with Crippen LogP contribution in [0.2, 0.25) is 0 Å². The van der Waals surface area contributed by atoms with Crippen LogP contribution in [0.15, 0.2) is 30.3 Å². The predicted octanol–water partition coefficient (Wildman–Crippen LogP) is 1.34. The van der Waals surface area contributed by atoms with Crippen LogP contribution in [0.5, 0.6) is 0 Å². The summed E-state index contributed by atoms with van der Waals surface area (Å²) < 4.78 is 5.41. The van der Waals surface area contributed by atoms with Gasteiger partial charge in [-0.15, -0.1) is 0 Å². The van der Waals surface area contributed by atoms with Crippen LogP contribution in [0.3, 0.4) is 0 Å². The van der Waals surface area contributed by atoms with Crippen LogP contribution < -0.4 is 11.1 Å². The van der Waals surface area contributed by atoms with Gasteiger partial charge in [0.05, 0.1) is 0 Å². The Bertz CT molecular complexity index is 486. The molecule has 1 aromatic rings. The van der Waals surface area contributed by atoms with Gasteiger partial charge in [0.15, 0.2) is 0 Å². The zero-order valence-corrected chi connectivity index (χ0v) is 12.3. The minimum Gasteiger partial charge on any atom is -0.445 e. The largest absolute Gasteiger partial charge is 0.445 e. The Morgan fingerprint density at radius 1 is 1.43 bits per heavy atom. The molecule has 0 aliphatic carbocycles. The molecule has 0 radical (unpaired) electrons. The van der Waals surface area contributed by atoms with Gasteiger partial charge >= 0.3 is 6.09 Å². The maximum atomic E-state index is 12.2. The van der Waals surface area contributed by atoms with Crippen molar-refractivity contribution < 1.29 is 9.53 Å². The van der Waals surface area contributed by atoms with E-state index < -0.39 is 0 Å². The van der Waals surface area contributed by atoms with E-state index in [-0.39, 0.29) is 17.6 Å². The number of benzene rings is 1. The Hall–Kier alpha value is -1.59. The van der Waals surface area contributed by atoms with Gasteiger partial charge in [-0.3, -0.25) is 0 Å². The summed E-state index contributed by atoms with van der Waals surface area (Å²) in [5, 5.41) is 3.41. The summed E-state index contributed by atoms with van der Waals surface area (Å²) >= 11 is 0. The van der Waals surface area contributed by atoms with Crippen LogP contribution in [0.1, 0.15) is 18.4 Å². The van der Waals surface area contributed by atoms with E-state index in [1.165, 1.54) is 0 Å². The molecular weight excluding hydrogens is 266 g/mol. The van der Waals surface area contributed by atoms with Crippen molar-refractivity contribution in [3.8, 4) is 0 Å². The zero-order chi connectivity index (χ0) is 14.7. The summed E-state index contributed by atoms with van der Waals surface area (Å²) in [7, 11) is 0. The van der Waals surface area contributed by atoms with E-state index in [0.717, 1.165) is 31.5 Å². The van der Waals surface area contributed by atoms with Crippen molar-refractivity contribution in [3.63, 3.8) is 0 Å². The summed E-state index contributed by atoms with van der Waals surface area (Å²) in [4.78, 5) is 14.0. The molecule has 5 nitrogen and oxygen atoms in total. The van der Waals surface area contributed by atoms with Crippen LogP contribution >= 0.6 is 0 Å². The van der Waals surface area contributed by atoms with Gasteiger partial charge in [0.25, 0.3) is 0 Å². The first-order valence-corrected chi connectivity index (χ1v) is 7.62. The van der Waals surface area contributed by atoms with E-state index >= 15 is 0 Å². The minimum atomic E-state index is -0.253. The highest BCUT2D eigenvalue weighted by Crippen LogP contribution is 2.35. The molecule has 2 aliphatic rings. The molecule has 2 fully saturated rings. The average molecular weight is 289 g/mol. The highest BCUT2D eigenvalue weighted by atomic mass is 16.6. The van der Waals surface area contributed by atoms with E-state index in [4.69, 9.17) is 10.5 Å². The lowest BCUT2D eigenvalue weighted by molar-refractivity contribution is 0.0972. The monoisotopic (exact) mass is 289 g/mol. The number of hydrogen-bond donors (Lipinski definition) is 2. The Labute approximate surface area is 125 Å². The zero-order valence-electron chi connectivity index (χ0n) is 12.3. The molecule has 3 rings (SSSR count). The van der Waals surface area contributed by atoms with Gasteiger partial charge in [-0.25, -0.2) is 4.79 Å². The summed E-state index contributed by atoms with van der Waals surface area (Å²) in [5.74, 6) is 0. The van der Waals surface area contributed by atoms with Crippen LogP contribution in [-0.4, -0.2) is 43.2 Å². The highest BCUT2D eigenvalue weighted by Gasteiger charge is 2.47. The second-order valence-electron chi connectivity index (χ2n) is 6.17. The Morgan fingerprint density at radius 2 is 2.24 bits per heavy atom. The van der Waals surface area contributed by atoms with E-state index in [1.54, 1.807) is 4.90 Å². The standard InChI is InChI=1S/C16H23N3O2/c17-14-9-19(12-16(14)7-4-8-18-11-16)15(20)21-10-13-5-2-1-3-6-13/h1-3,5-6,14,18H,4,7-12,17H2. The smallest absolute Gasteiger partial charge is 0.410 e. The average Bonchev–Trinajstić information content (AvgIpc) is 2.83. The molecule has 114 valence electrons. The van der Waals surface area contributed by atoms with Gasteiger partial charge in [0.1, 0.15) is 6.61 Å². The molecule has 1 aromatic carbocycles. The van der Waals surface area contributed by atoms with Gasteiger partial charge in [-0.2, -0.15) is 0 Å². The predicted molar refractivity (Wildman–Crippen MR) is 80.7 cm³/mol. The number of hydrogen-bond acceptors (Lipinski definition) is 4. The number of nitrogens with one attached hydrogen (secondary N) is 1. The first-order chi connectivity index (χ1) is 10.2. The molecule has 3 N–H and O–H groups in total. The summed E-state index contributed by atoms with van der Waals surface area (Å²) in [6, 6.07) is 9.78. The molecule has 2 aliphatic heterocycles. The number of carbonyl (C=O) groups is 1. The van der Waals surface area contributed by atoms with Gasteiger partial charge < -0.3 is 20.7 Å². The lowest BCUT2D eigenvalue weighted by atomic mass is 9.77. The van der Waals surface area contributed by atoms with Crippen molar-refractivity contribution in [2.75, 3.05) is 26.2 Å². The van der Waals surface area contributed by atoms with Crippen LogP contribution in [-0.2, 0) is 11.3 Å². The van der Waals surface area contributed by atoms with Gasteiger partial charge in [-0.05, 0) is 24.9 Å². The Morgan fingerprint density at radius 3 is 2.95 bits per heavy atom. The van der Waals surface area contributed by atoms with Gasteiger partial charge in [0.2, 0.25) is 0 Å². The normalized spacial score (nSPS) is 28.8. The van der Waals surface area contributed by atoms with Crippen molar-refractivity contribution in [1.82, 2.24) is 10.2 Å². The van der Waals surface area contributed by atoms with Crippen molar-refractivity contribution in [3.05, 3.63) is 35.9 Å². The van der Waals surface area contributed by atoms with E-state index in [1.807, 2.05) is 30.3 Å². The molecule has 2 unspecified atom stereocenters. The molecule has 0 saturated carbocycles. The lowest BCUT2D eigenvalue weighted by Gasteiger charge is -2.36. The number of amides is 1. The van der Waals surface area contributed by atoms with Gasteiger partial charge in [-0.1, -0.05) is 30.3 Å². The number of rotatable bonds is 2. The fourth-order valence-electron chi connectivity index (χ4n) is 3.39. The van der Waals surface area contributed by atoms with Crippen LogP contribution in [0.4, 0.5) is 4.79 Å². The molecule has 2 heterocycles. The third kappa shape index (κ3) is 3.04. The minimum absolute atomic E-state index is 0.0318. The summed E-state index contributed by atoms with van der Waals surface area (Å²) in [6.45, 7) is 3.56. The molecule has 21 heavy (non-hydrogen) atoms. The Balaban J connectivity index is 1.56. The molecule has 0 aromatic heterocycles. The van der Waals surface area contributed by atoms with Crippen molar-refractivity contribution in [1.29, 1.82) is 0 Å². The molecule has 1 amide bonds. The van der Waals surface area contributed by atoms with E-state index in [0.29, 0.717) is 19.7 Å². The maximum Gasteiger partial charge on any atom is 0.410 e. The highest BCUT2D eigenvalue weighted by molar-refractivity contribution is 5.68. The van der Waals surface area contributed by atoms with E-state index in [2.05, 4.69) is 5.32 Å². The fourth-order valence-corrected chi connectivity index (χ4v) is 3.39. The topological polar surface area (TPSA) is 67.6 Å². The quantitative estimate of drug-likeness (QED) is 0.862. The van der Waals surface area contributed by atoms with Crippen LogP contribution in [0, 0.1) is 5.41 Å². The molecule has 0 bridgehead atoms. The SMILES string of the molecule is NC1CN(C(=O)OCc2ccccc2)CC12CCCNC2. The number of likely N-dealkylation sites (tertiary alicyclic amines) is 1. The fraction of sp³-hybridized carbons (Fsp3) is 0.562. The third-order valence-electron chi connectivity index (χ3n) is 4.68.